The van der Waals surface area contributed by atoms with Gasteiger partial charge in [-0.3, -0.25) is 0 Å². The fourth-order valence-electron chi connectivity index (χ4n) is 1.42. The summed E-state index contributed by atoms with van der Waals surface area (Å²) >= 11 is 0. The molecule has 0 fully saturated rings. The lowest BCUT2D eigenvalue weighted by atomic mass is 9.99. The minimum absolute atomic E-state index is 1.13. The van der Waals surface area contributed by atoms with E-state index in [1.807, 2.05) is 12.2 Å². The third-order valence-electron chi connectivity index (χ3n) is 2.22. The fraction of sp³-hybridized carbons (Fsp3) is 0.538. The van der Waals surface area contributed by atoms with Gasteiger partial charge in [-0.05, 0) is 30.4 Å². The maximum Gasteiger partial charge on any atom is -0.0276 e. The van der Waals surface area contributed by atoms with Crippen molar-refractivity contribution in [3.8, 4) is 0 Å². The lowest BCUT2D eigenvalue weighted by molar-refractivity contribution is 0.785. The first-order chi connectivity index (χ1) is 6.29. The molecule has 0 nitrogen and oxygen atoms in total. The van der Waals surface area contributed by atoms with Gasteiger partial charge in [-0.15, -0.1) is 0 Å². The molecule has 0 aromatic rings. The van der Waals surface area contributed by atoms with E-state index in [9.17, 15) is 0 Å². The van der Waals surface area contributed by atoms with Gasteiger partial charge in [0.2, 0.25) is 0 Å². The van der Waals surface area contributed by atoms with Crippen molar-refractivity contribution in [3.05, 3.63) is 36.5 Å². The third-order valence-corrected chi connectivity index (χ3v) is 2.22. The molecule has 0 aromatic heterocycles. The summed E-state index contributed by atoms with van der Waals surface area (Å²) in [5.41, 5.74) is 2.77. The summed E-state index contributed by atoms with van der Waals surface area (Å²) in [7, 11) is 0. The van der Waals surface area contributed by atoms with Gasteiger partial charge in [0, 0.05) is 0 Å². The van der Waals surface area contributed by atoms with Gasteiger partial charge < -0.3 is 0 Å². The second kappa shape index (κ2) is 7.85. The quantitative estimate of drug-likeness (QED) is 0.498. The van der Waals surface area contributed by atoms with E-state index in [1.165, 1.54) is 30.4 Å². The second-order valence-corrected chi connectivity index (χ2v) is 3.31. The smallest absolute Gasteiger partial charge is 0.0276 e. The highest BCUT2D eigenvalue weighted by Crippen LogP contribution is 2.18. The van der Waals surface area contributed by atoms with Crippen LogP contribution in [0.4, 0.5) is 0 Å². The Bertz CT molecular complexity index is 184. The van der Waals surface area contributed by atoms with Crippen molar-refractivity contribution in [2.45, 2.75) is 46.0 Å². The van der Waals surface area contributed by atoms with E-state index in [0.29, 0.717) is 0 Å². The summed E-state index contributed by atoms with van der Waals surface area (Å²) in [5.74, 6) is 0. The van der Waals surface area contributed by atoms with E-state index in [0.717, 1.165) is 12.8 Å². The van der Waals surface area contributed by atoms with Crippen molar-refractivity contribution in [1.82, 2.24) is 0 Å². The minimum atomic E-state index is 1.13. The summed E-state index contributed by atoms with van der Waals surface area (Å²) in [4.78, 5) is 0. The Kier molecular flexibility index (Phi) is 7.38. The van der Waals surface area contributed by atoms with E-state index in [-0.39, 0.29) is 0 Å². The fourth-order valence-corrected chi connectivity index (χ4v) is 1.42. The number of rotatable bonds is 7. The van der Waals surface area contributed by atoms with Crippen LogP contribution in [-0.2, 0) is 0 Å². The zero-order chi connectivity index (χ0) is 10.1. The molecule has 0 atom stereocenters. The van der Waals surface area contributed by atoms with Crippen LogP contribution in [0.1, 0.15) is 46.0 Å². The number of hydrogen-bond acceptors (Lipinski definition) is 0. The van der Waals surface area contributed by atoms with Gasteiger partial charge in [0.25, 0.3) is 0 Å². The van der Waals surface area contributed by atoms with Crippen molar-refractivity contribution in [2.24, 2.45) is 0 Å². The predicted molar refractivity (Wildman–Crippen MR) is 61.9 cm³/mol. The molecule has 0 aliphatic carbocycles. The van der Waals surface area contributed by atoms with Crippen LogP contribution in [0.2, 0.25) is 0 Å². The molecule has 0 saturated carbocycles. The van der Waals surface area contributed by atoms with Crippen molar-refractivity contribution in [1.29, 1.82) is 0 Å². The molecule has 0 saturated heterocycles. The van der Waals surface area contributed by atoms with Crippen molar-refractivity contribution in [3.63, 3.8) is 0 Å². The molecule has 0 heteroatoms. The topological polar surface area (TPSA) is 0 Å². The Balaban J connectivity index is 4.40. The first-order valence-electron chi connectivity index (χ1n) is 5.27. The summed E-state index contributed by atoms with van der Waals surface area (Å²) in [6, 6.07) is 0. The van der Waals surface area contributed by atoms with Crippen LogP contribution in [0, 0.1) is 0 Å². The summed E-state index contributed by atoms with van der Waals surface area (Å²) in [5, 5.41) is 0. The second-order valence-electron chi connectivity index (χ2n) is 3.31. The maximum atomic E-state index is 3.86. The van der Waals surface area contributed by atoms with Gasteiger partial charge in [-0.25, -0.2) is 0 Å². The van der Waals surface area contributed by atoms with E-state index in [4.69, 9.17) is 0 Å². The Morgan fingerprint density at radius 1 is 0.923 bits per heavy atom. The van der Waals surface area contributed by atoms with E-state index < -0.39 is 0 Å². The molecule has 0 aromatic carbocycles. The third kappa shape index (κ3) is 4.72. The highest BCUT2D eigenvalue weighted by atomic mass is 14.0. The minimum Gasteiger partial charge on any atom is -0.0988 e. The van der Waals surface area contributed by atoms with Crippen LogP contribution in [0.15, 0.2) is 36.5 Å². The molecular formula is C13H22. The summed E-state index contributed by atoms with van der Waals surface area (Å²) in [6.45, 7) is 12.1. The van der Waals surface area contributed by atoms with E-state index in [1.54, 1.807) is 0 Å². The number of allylic oxidation sites excluding steroid dienone is 4. The Labute approximate surface area is 83.0 Å². The normalized spacial score (nSPS) is 12.2. The molecular weight excluding hydrogens is 156 g/mol. The van der Waals surface area contributed by atoms with Gasteiger partial charge >= 0.3 is 0 Å². The van der Waals surface area contributed by atoms with Gasteiger partial charge in [0.05, 0.1) is 0 Å². The lowest BCUT2D eigenvalue weighted by Crippen LogP contribution is -1.87. The van der Waals surface area contributed by atoms with Crippen LogP contribution in [0.3, 0.4) is 0 Å². The van der Waals surface area contributed by atoms with Crippen molar-refractivity contribution in [2.75, 3.05) is 0 Å². The predicted octanol–water partition coefficient (Wildman–Crippen LogP) is 4.65. The molecule has 0 amide bonds. The summed E-state index contributed by atoms with van der Waals surface area (Å²) < 4.78 is 0. The molecule has 0 aliphatic heterocycles. The average molecular weight is 178 g/mol. The van der Waals surface area contributed by atoms with Gasteiger partial charge in [-0.2, -0.15) is 0 Å². The zero-order valence-electron chi connectivity index (χ0n) is 9.10. The largest absolute Gasteiger partial charge is 0.0988 e. The molecule has 0 radical (unpaired) electrons. The number of hydrogen-bond donors (Lipinski definition) is 0. The zero-order valence-corrected chi connectivity index (χ0v) is 9.10. The molecule has 0 heterocycles. The maximum absolute atomic E-state index is 3.86. The average Bonchev–Trinajstić information content (AvgIpc) is 2.17. The van der Waals surface area contributed by atoms with Crippen molar-refractivity contribution >= 4 is 0 Å². The molecule has 13 heavy (non-hydrogen) atoms. The van der Waals surface area contributed by atoms with Crippen LogP contribution in [0.25, 0.3) is 0 Å². The summed E-state index contributed by atoms with van der Waals surface area (Å²) in [6.07, 6.45) is 9.94. The Morgan fingerprint density at radius 2 is 1.46 bits per heavy atom. The monoisotopic (exact) mass is 178 g/mol. The first-order valence-corrected chi connectivity index (χ1v) is 5.27. The number of unbranched alkanes of at least 4 members (excludes halogenated alkanes) is 1. The van der Waals surface area contributed by atoms with E-state index in [2.05, 4.69) is 27.0 Å². The molecule has 0 rings (SSSR count). The van der Waals surface area contributed by atoms with Crippen LogP contribution in [0.5, 0.6) is 0 Å². The molecule has 74 valence electrons. The van der Waals surface area contributed by atoms with Crippen LogP contribution in [-0.4, -0.2) is 0 Å². The van der Waals surface area contributed by atoms with Crippen LogP contribution < -0.4 is 0 Å². The molecule has 0 spiro atoms. The lowest BCUT2D eigenvalue weighted by Gasteiger charge is -2.07. The molecule has 0 unspecified atom stereocenters. The van der Waals surface area contributed by atoms with Crippen LogP contribution >= 0.6 is 0 Å². The Hall–Kier alpha value is -0.780. The van der Waals surface area contributed by atoms with E-state index >= 15 is 0 Å². The highest BCUT2D eigenvalue weighted by molar-refractivity contribution is 5.31. The van der Waals surface area contributed by atoms with Gasteiger partial charge in [0.1, 0.15) is 0 Å². The first kappa shape index (κ1) is 12.2. The molecule has 0 bridgehead atoms. The molecule has 0 N–H and O–H groups in total. The van der Waals surface area contributed by atoms with Crippen molar-refractivity contribution < 1.29 is 0 Å². The highest BCUT2D eigenvalue weighted by Gasteiger charge is 1.98. The van der Waals surface area contributed by atoms with Gasteiger partial charge in [0.15, 0.2) is 0 Å². The SMILES string of the molecule is C=C/C(CCC)=C(\C=C)CCCC. The standard InChI is InChI=1S/C13H22/c1-5-9-11-13(8-4)12(7-3)10-6-2/h7-8H,3-6,9-11H2,1-2H3/b13-12-. The molecule has 0 aliphatic rings. The Morgan fingerprint density at radius 3 is 1.85 bits per heavy atom. The van der Waals surface area contributed by atoms with Gasteiger partial charge in [-0.1, -0.05) is 52.0 Å².